The molecule has 0 bridgehead atoms. The van der Waals surface area contributed by atoms with Gasteiger partial charge >= 0.3 is 0 Å². The van der Waals surface area contributed by atoms with Crippen LogP contribution in [-0.2, 0) is 6.54 Å². The fourth-order valence-corrected chi connectivity index (χ4v) is 3.45. The highest BCUT2D eigenvalue weighted by molar-refractivity contribution is 6.34. The molecule has 140 valence electrons. The third kappa shape index (κ3) is 3.49. The van der Waals surface area contributed by atoms with E-state index in [1.807, 2.05) is 29.1 Å². The van der Waals surface area contributed by atoms with Gasteiger partial charge in [0.1, 0.15) is 11.5 Å². The molecule has 6 nitrogen and oxygen atoms in total. The zero-order valence-electron chi connectivity index (χ0n) is 15.4. The highest BCUT2D eigenvalue weighted by Gasteiger charge is 2.27. The van der Waals surface area contributed by atoms with Gasteiger partial charge in [-0.3, -0.25) is 4.98 Å². The second-order valence-electron chi connectivity index (χ2n) is 6.63. The number of benzene rings is 1. The van der Waals surface area contributed by atoms with Gasteiger partial charge in [0, 0.05) is 29.9 Å². The van der Waals surface area contributed by atoms with E-state index in [2.05, 4.69) is 4.98 Å². The molecule has 0 N–H and O–H groups in total. The number of nitrogens with zero attached hydrogens (tertiary/aromatic N) is 4. The first kappa shape index (κ1) is 17.8. The van der Waals surface area contributed by atoms with Crippen LogP contribution in [0.5, 0.6) is 11.5 Å². The molecule has 3 aromatic rings. The van der Waals surface area contributed by atoms with Crippen molar-refractivity contribution in [2.45, 2.75) is 31.7 Å². The van der Waals surface area contributed by atoms with Gasteiger partial charge in [0.05, 0.1) is 25.8 Å². The van der Waals surface area contributed by atoms with Gasteiger partial charge in [0.25, 0.3) is 0 Å². The van der Waals surface area contributed by atoms with E-state index in [1.165, 1.54) is 6.42 Å². The number of hydrogen-bond acceptors (Lipinski definition) is 5. The van der Waals surface area contributed by atoms with Crippen LogP contribution in [0.15, 0.2) is 36.7 Å². The Hall–Kier alpha value is -2.60. The average molecular weight is 385 g/mol. The van der Waals surface area contributed by atoms with E-state index in [1.54, 1.807) is 26.5 Å². The molecule has 0 atom stereocenters. The summed E-state index contributed by atoms with van der Waals surface area (Å²) in [6, 6.07) is 7.58. The first-order valence-electron chi connectivity index (χ1n) is 8.95. The lowest BCUT2D eigenvalue weighted by Crippen LogP contribution is -2.11. The van der Waals surface area contributed by atoms with E-state index in [9.17, 15) is 0 Å². The highest BCUT2D eigenvalue weighted by atomic mass is 35.5. The molecule has 1 saturated carbocycles. The van der Waals surface area contributed by atoms with Crippen molar-refractivity contribution in [3.63, 3.8) is 0 Å². The van der Waals surface area contributed by atoms with Gasteiger partial charge in [0.2, 0.25) is 0 Å². The van der Waals surface area contributed by atoms with Crippen molar-refractivity contribution in [3.05, 3.63) is 53.1 Å². The molecule has 2 heterocycles. The van der Waals surface area contributed by atoms with Gasteiger partial charge in [-0.15, -0.1) is 0 Å². The smallest absolute Gasteiger partial charge is 0.160 e. The Kier molecular flexibility index (Phi) is 4.99. The van der Waals surface area contributed by atoms with Crippen molar-refractivity contribution in [3.8, 4) is 22.9 Å². The molecule has 0 radical (unpaired) electrons. The molecule has 1 aromatic carbocycles. The first-order valence-corrected chi connectivity index (χ1v) is 9.33. The van der Waals surface area contributed by atoms with Crippen molar-refractivity contribution in [2.75, 3.05) is 14.2 Å². The molecule has 0 amide bonds. The van der Waals surface area contributed by atoms with Gasteiger partial charge < -0.3 is 9.47 Å². The molecule has 1 aliphatic rings. The molecular weight excluding hydrogens is 364 g/mol. The summed E-state index contributed by atoms with van der Waals surface area (Å²) < 4.78 is 12.7. The predicted molar refractivity (Wildman–Crippen MR) is 104 cm³/mol. The van der Waals surface area contributed by atoms with Crippen LogP contribution in [0.1, 0.15) is 36.6 Å². The molecule has 0 spiro atoms. The maximum Gasteiger partial charge on any atom is 0.160 e. The SMILES string of the molecule is COc1cc(OC)c(Cl)c(-c2nc(C3CCC3)nn2Cc2cccnc2)c1. The standard InChI is InChI=1S/C20H21ClN4O2/c1-26-15-9-16(18(21)17(10-15)27-2)20-23-19(14-6-3-7-14)24-25(20)12-13-5-4-8-22-11-13/h4-5,8-11,14H,3,6-7,12H2,1-2H3. The van der Waals surface area contributed by atoms with Crippen LogP contribution in [0.25, 0.3) is 11.4 Å². The monoisotopic (exact) mass is 384 g/mol. The number of aromatic nitrogens is 4. The Labute approximate surface area is 163 Å². The van der Waals surface area contributed by atoms with Crippen molar-refractivity contribution < 1.29 is 9.47 Å². The summed E-state index contributed by atoms with van der Waals surface area (Å²) in [5.41, 5.74) is 1.80. The second kappa shape index (κ2) is 7.56. The van der Waals surface area contributed by atoms with Gasteiger partial charge in [-0.25, -0.2) is 9.67 Å². The first-order chi connectivity index (χ1) is 13.2. The normalized spacial score (nSPS) is 14.0. The molecular formula is C20H21ClN4O2. The van der Waals surface area contributed by atoms with E-state index in [0.29, 0.717) is 34.8 Å². The Morgan fingerprint density at radius 3 is 2.70 bits per heavy atom. The van der Waals surface area contributed by atoms with Gasteiger partial charge in [0.15, 0.2) is 11.6 Å². The van der Waals surface area contributed by atoms with E-state index < -0.39 is 0 Å². The van der Waals surface area contributed by atoms with E-state index in [0.717, 1.165) is 29.8 Å². The predicted octanol–water partition coefficient (Wildman–Crippen LogP) is 4.33. The quantitative estimate of drug-likeness (QED) is 0.633. The largest absolute Gasteiger partial charge is 0.497 e. The molecule has 2 aromatic heterocycles. The maximum atomic E-state index is 6.61. The lowest BCUT2D eigenvalue weighted by atomic mass is 9.85. The van der Waals surface area contributed by atoms with Gasteiger partial charge in [-0.05, 0) is 30.5 Å². The molecule has 0 unspecified atom stereocenters. The fourth-order valence-electron chi connectivity index (χ4n) is 3.17. The van der Waals surface area contributed by atoms with Crippen LogP contribution in [-0.4, -0.2) is 34.0 Å². The van der Waals surface area contributed by atoms with Crippen molar-refractivity contribution in [1.29, 1.82) is 0 Å². The number of rotatable bonds is 6. The minimum atomic E-state index is 0.421. The number of methoxy groups -OCH3 is 2. The van der Waals surface area contributed by atoms with E-state index in [-0.39, 0.29) is 0 Å². The second-order valence-corrected chi connectivity index (χ2v) is 7.01. The molecule has 27 heavy (non-hydrogen) atoms. The average Bonchev–Trinajstić information content (AvgIpc) is 3.04. The third-order valence-corrected chi connectivity index (χ3v) is 5.31. The summed E-state index contributed by atoms with van der Waals surface area (Å²) in [6.07, 6.45) is 7.08. The molecule has 0 saturated heterocycles. The Morgan fingerprint density at radius 1 is 1.22 bits per heavy atom. The topological polar surface area (TPSA) is 62.1 Å². The summed E-state index contributed by atoms with van der Waals surface area (Å²) in [7, 11) is 3.21. The maximum absolute atomic E-state index is 6.61. The summed E-state index contributed by atoms with van der Waals surface area (Å²) in [5, 5.41) is 5.29. The molecule has 1 fully saturated rings. The molecule has 4 rings (SSSR count). The summed E-state index contributed by atoms with van der Waals surface area (Å²) in [5.74, 6) is 3.21. The highest BCUT2D eigenvalue weighted by Crippen LogP contribution is 2.40. The van der Waals surface area contributed by atoms with Crippen LogP contribution in [0.4, 0.5) is 0 Å². The van der Waals surface area contributed by atoms with E-state index >= 15 is 0 Å². The van der Waals surface area contributed by atoms with Crippen LogP contribution >= 0.6 is 11.6 Å². The third-order valence-electron chi connectivity index (χ3n) is 4.92. The minimum absolute atomic E-state index is 0.421. The van der Waals surface area contributed by atoms with Crippen molar-refractivity contribution >= 4 is 11.6 Å². The summed E-state index contributed by atoms with van der Waals surface area (Å²) in [4.78, 5) is 9.04. The number of pyridine rings is 1. The zero-order chi connectivity index (χ0) is 18.8. The van der Waals surface area contributed by atoms with Crippen LogP contribution in [0.3, 0.4) is 0 Å². The lowest BCUT2D eigenvalue weighted by molar-refractivity contribution is 0.394. The number of ether oxygens (including phenoxy) is 2. The van der Waals surface area contributed by atoms with Gasteiger partial charge in [-0.2, -0.15) is 5.10 Å². The Balaban J connectivity index is 1.82. The Bertz CT molecular complexity index is 939. The fraction of sp³-hybridized carbons (Fsp3) is 0.350. The molecule has 7 heteroatoms. The van der Waals surface area contributed by atoms with Gasteiger partial charge in [-0.1, -0.05) is 24.1 Å². The van der Waals surface area contributed by atoms with Crippen LogP contribution in [0.2, 0.25) is 5.02 Å². The van der Waals surface area contributed by atoms with Crippen molar-refractivity contribution in [2.24, 2.45) is 0 Å². The Morgan fingerprint density at radius 2 is 2.07 bits per heavy atom. The molecule has 1 aliphatic carbocycles. The summed E-state index contributed by atoms with van der Waals surface area (Å²) in [6.45, 7) is 0.568. The van der Waals surface area contributed by atoms with Crippen LogP contribution in [0, 0.1) is 0 Å². The minimum Gasteiger partial charge on any atom is -0.497 e. The number of halogens is 1. The lowest BCUT2D eigenvalue weighted by Gasteiger charge is -2.21. The molecule has 0 aliphatic heterocycles. The van der Waals surface area contributed by atoms with Crippen LogP contribution < -0.4 is 9.47 Å². The number of hydrogen-bond donors (Lipinski definition) is 0. The van der Waals surface area contributed by atoms with Crippen molar-refractivity contribution in [1.82, 2.24) is 19.7 Å². The zero-order valence-corrected chi connectivity index (χ0v) is 16.1. The van der Waals surface area contributed by atoms with E-state index in [4.69, 9.17) is 31.2 Å². The summed E-state index contributed by atoms with van der Waals surface area (Å²) >= 11 is 6.61.